The Morgan fingerprint density at radius 1 is 1.29 bits per heavy atom. The van der Waals surface area contributed by atoms with Gasteiger partial charge in [-0.2, -0.15) is 5.10 Å². The smallest absolute Gasteiger partial charge is 0.148 e. The number of benzene rings is 1. The molecule has 2 rings (SSSR count). The average Bonchev–Trinajstić information content (AvgIpc) is 2.78. The number of H-pyrrole nitrogens is 1. The van der Waals surface area contributed by atoms with E-state index in [-0.39, 0.29) is 0 Å². The largest absolute Gasteiger partial charge is 0.369 e. The predicted molar refractivity (Wildman–Crippen MR) is 72.8 cm³/mol. The molecule has 5 heteroatoms. The Labute approximate surface area is 110 Å². The number of rotatable bonds is 4. The maximum absolute atomic E-state index is 6.12. The fourth-order valence-electron chi connectivity index (χ4n) is 1.51. The number of halogens is 2. The molecule has 0 fully saturated rings. The van der Waals surface area contributed by atoms with E-state index in [4.69, 9.17) is 23.2 Å². The van der Waals surface area contributed by atoms with Gasteiger partial charge in [0.2, 0.25) is 0 Å². The molecule has 0 spiro atoms. The number of anilines is 1. The summed E-state index contributed by atoms with van der Waals surface area (Å²) < 4.78 is 0. The summed E-state index contributed by atoms with van der Waals surface area (Å²) in [6.07, 6.45) is 1.06. The monoisotopic (exact) mass is 269 g/mol. The maximum atomic E-state index is 6.12. The van der Waals surface area contributed by atoms with Crippen LogP contribution in [0.25, 0.3) is 11.3 Å². The highest BCUT2D eigenvalue weighted by Gasteiger charge is 2.07. The van der Waals surface area contributed by atoms with Crippen molar-refractivity contribution in [3.63, 3.8) is 0 Å². The lowest BCUT2D eigenvalue weighted by Crippen LogP contribution is -1.99. The van der Waals surface area contributed by atoms with Crippen molar-refractivity contribution in [2.75, 3.05) is 11.9 Å². The second kappa shape index (κ2) is 5.43. The average molecular weight is 270 g/mol. The maximum Gasteiger partial charge on any atom is 0.148 e. The second-order valence-corrected chi connectivity index (χ2v) is 4.56. The highest BCUT2D eigenvalue weighted by molar-refractivity contribution is 6.35. The minimum atomic E-state index is 0.653. The Bertz CT molecular complexity index is 508. The van der Waals surface area contributed by atoms with E-state index in [1.165, 1.54) is 0 Å². The van der Waals surface area contributed by atoms with E-state index >= 15 is 0 Å². The Morgan fingerprint density at radius 2 is 2.12 bits per heavy atom. The summed E-state index contributed by atoms with van der Waals surface area (Å²) in [5, 5.41) is 11.6. The molecule has 1 aromatic heterocycles. The van der Waals surface area contributed by atoms with Crippen molar-refractivity contribution in [3.8, 4) is 11.3 Å². The summed E-state index contributed by atoms with van der Waals surface area (Å²) in [5.74, 6) is 0.817. The fraction of sp³-hybridized carbons (Fsp3) is 0.250. The first-order chi connectivity index (χ1) is 8.20. The summed E-state index contributed by atoms with van der Waals surface area (Å²) in [5.41, 5.74) is 1.72. The molecule has 1 heterocycles. The number of aromatic amines is 1. The summed E-state index contributed by atoms with van der Waals surface area (Å²) in [7, 11) is 0. The molecule has 0 atom stereocenters. The minimum Gasteiger partial charge on any atom is -0.369 e. The third-order valence-electron chi connectivity index (χ3n) is 2.35. The standard InChI is InChI=1S/C12H13Cl2N3/c1-2-5-15-12-7-11(16-17-12)9-6-8(13)3-4-10(9)14/h3-4,6-7H,2,5H2,1H3,(H2,15,16,17). The highest BCUT2D eigenvalue weighted by Crippen LogP contribution is 2.30. The minimum absolute atomic E-state index is 0.653. The van der Waals surface area contributed by atoms with Crippen LogP contribution in [0.1, 0.15) is 13.3 Å². The Hall–Kier alpha value is -1.19. The second-order valence-electron chi connectivity index (χ2n) is 3.72. The zero-order valence-corrected chi connectivity index (χ0v) is 10.9. The lowest BCUT2D eigenvalue weighted by Gasteiger charge is -2.01. The number of hydrogen-bond acceptors (Lipinski definition) is 2. The number of aromatic nitrogens is 2. The summed E-state index contributed by atoms with van der Waals surface area (Å²) in [6.45, 7) is 3.00. The lowest BCUT2D eigenvalue weighted by atomic mass is 10.1. The predicted octanol–water partition coefficient (Wildman–Crippen LogP) is 4.21. The van der Waals surface area contributed by atoms with E-state index in [1.54, 1.807) is 12.1 Å². The van der Waals surface area contributed by atoms with Crippen LogP contribution in [0, 0.1) is 0 Å². The van der Waals surface area contributed by atoms with Crippen molar-refractivity contribution in [2.45, 2.75) is 13.3 Å². The number of hydrogen-bond donors (Lipinski definition) is 2. The molecule has 0 radical (unpaired) electrons. The van der Waals surface area contributed by atoms with Crippen LogP contribution in [0.3, 0.4) is 0 Å². The molecule has 0 aliphatic rings. The van der Waals surface area contributed by atoms with E-state index in [1.807, 2.05) is 12.1 Å². The SMILES string of the molecule is CCCNc1cc(-c2cc(Cl)ccc2Cl)[nH]n1. The lowest BCUT2D eigenvalue weighted by molar-refractivity contribution is 0.961. The molecule has 17 heavy (non-hydrogen) atoms. The summed E-state index contributed by atoms with van der Waals surface area (Å²) >= 11 is 12.1. The molecule has 0 aliphatic heterocycles. The van der Waals surface area contributed by atoms with Gasteiger partial charge >= 0.3 is 0 Å². The van der Waals surface area contributed by atoms with Crippen molar-refractivity contribution < 1.29 is 0 Å². The molecule has 0 amide bonds. The van der Waals surface area contributed by atoms with Crippen LogP contribution in [-0.4, -0.2) is 16.7 Å². The van der Waals surface area contributed by atoms with Gasteiger partial charge in [0.05, 0.1) is 10.7 Å². The van der Waals surface area contributed by atoms with E-state index < -0.39 is 0 Å². The zero-order valence-electron chi connectivity index (χ0n) is 9.43. The van der Waals surface area contributed by atoms with Crippen LogP contribution in [0.15, 0.2) is 24.3 Å². The molecular weight excluding hydrogens is 257 g/mol. The van der Waals surface area contributed by atoms with Crippen molar-refractivity contribution in [1.29, 1.82) is 0 Å². The summed E-state index contributed by atoms with van der Waals surface area (Å²) in [6, 6.07) is 7.29. The molecule has 0 saturated heterocycles. The molecule has 0 aliphatic carbocycles. The molecule has 1 aromatic carbocycles. The van der Waals surface area contributed by atoms with Gasteiger partial charge in [0.1, 0.15) is 5.82 Å². The van der Waals surface area contributed by atoms with E-state index in [2.05, 4.69) is 22.4 Å². The van der Waals surface area contributed by atoms with Crippen molar-refractivity contribution in [1.82, 2.24) is 10.2 Å². The number of nitrogens with zero attached hydrogens (tertiary/aromatic N) is 1. The van der Waals surface area contributed by atoms with Gasteiger partial charge in [0.25, 0.3) is 0 Å². The van der Waals surface area contributed by atoms with Crippen molar-refractivity contribution in [3.05, 3.63) is 34.3 Å². The third kappa shape index (κ3) is 2.93. The Kier molecular flexibility index (Phi) is 3.92. The topological polar surface area (TPSA) is 40.7 Å². The molecule has 2 aromatic rings. The molecular formula is C12H13Cl2N3. The third-order valence-corrected chi connectivity index (χ3v) is 2.92. The van der Waals surface area contributed by atoms with Gasteiger partial charge in [-0.3, -0.25) is 5.10 Å². The highest BCUT2D eigenvalue weighted by atomic mass is 35.5. The first-order valence-corrected chi connectivity index (χ1v) is 6.21. The molecule has 0 bridgehead atoms. The molecule has 0 saturated carbocycles. The zero-order chi connectivity index (χ0) is 12.3. The van der Waals surface area contributed by atoms with Crippen LogP contribution in [-0.2, 0) is 0 Å². The van der Waals surface area contributed by atoms with E-state index in [9.17, 15) is 0 Å². The molecule has 0 unspecified atom stereocenters. The Balaban J connectivity index is 2.27. The van der Waals surface area contributed by atoms with Crippen molar-refractivity contribution >= 4 is 29.0 Å². The molecule has 2 N–H and O–H groups in total. The van der Waals surface area contributed by atoms with Crippen molar-refractivity contribution in [2.24, 2.45) is 0 Å². The van der Waals surface area contributed by atoms with Gasteiger partial charge < -0.3 is 5.32 Å². The van der Waals surface area contributed by atoms with Crippen LogP contribution >= 0.6 is 23.2 Å². The van der Waals surface area contributed by atoms with Crippen LogP contribution < -0.4 is 5.32 Å². The first-order valence-electron chi connectivity index (χ1n) is 5.45. The quantitative estimate of drug-likeness (QED) is 0.873. The Morgan fingerprint density at radius 3 is 2.88 bits per heavy atom. The number of nitrogens with one attached hydrogen (secondary N) is 2. The normalized spacial score (nSPS) is 10.5. The van der Waals surface area contributed by atoms with Crippen LogP contribution in [0.5, 0.6) is 0 Å². The van der Waals surface area contributed by atoms with Gasteiger partial charge in [0.15, 0.2) is 0 Å². The van der Waals surface area contributed by atoms with Crippen LogP contribution in [0.4, 0.5) is 5.82 Å². The summed E-state index contributed by atoms with van der Waals surface area (Å²) in [4.78, 5) is 0. The fourth-order valence-corrected chi connectivity index (χ4v) is 1.90. The van der Waals surface area contributed by atoms with Gasteiger partial charge in [-0.25, -0.2) is 0 Å². The molecule has 3 nitrogen and oxygen atoms in total. The van der Waals surface area contributed by atoms with E-state index in [0.717, 1.165) is 30.0 Å². The van der Waals surface area contributed by atoms with Gasteiger partial charge in [-0.05, 0) is 24.6 Å². The van der Waals surface area contributed by atoms with Gasteiger partial charge in [-0.1, -0.05) is 30.1 Å². The van der Waals surface area contributed by atoms with Gasteiger partial charge in [-0.15, -0.1) is 0 Å². The van der Waals surface area contributed by atoms with Crippen LogP contribution in [0.2, 0.25) is 10.0 Å². The molecule has 90 valence electrons. The van der Waals surface area contributed by atoms with E-state index in [0.29, 0.717) is 10.0 Å². The first kappa shape index (κ1) is 12.3. The van der Waals surface area contributed by atoms with Gasteiger partial charge in [0, 0.05) is 23.2 Å².